The molecule has 0 aliphatic rings. The molecule has 1 aromatic carbocycles. The standard InChI is InChI=1S/C13H17NO4/c1-13(2,14-16)12(15)10-4-6-11(7-5-10)18-9-8-17-3/h4-7H,8-9H2,1-3H3. The second-order valence-corrected chi connectivity index (χ2v) is 4.35. The van der Waals surface area contributed by atoms with E-state index in [2.05, 4.69) is 5.18 Å². The van der Waals surface area contributed by atoms with Crippen LogP contribution in [0.4, 0.5) is 0 Å². The minimum Gasteiger partial charge on any atom is -0.491 e. The quantitative estimate of drug-likeness (QED) is 0.424. The summed E-state index contributed by atoms with van der Waals surface area (Å²) in [5.74, 6) is 0.349. The maximum Gasteiger partial charge on any atom is 0.193 e. The molecular formula is C13H17NO4. The third-order valence-corrected chi connectivity index (χ3v) is 2.46. The van der Waals surface area contributed by atoms with E-state index in [9.17, 15) is 9.70 Å². The average Bonchev–Trinajstić information content (AvgIpc) is 2.39. The Morgan fingerprint density at radius 3 is 2.33 bits per heavy atom. The number of ketones is 1. The summed E-state index contributed by atoms with van der Waals surface area (Å²) in [6.45, 7) is 3.94. The van der Waals surface area contributed by atoms with E-state index < -0.39 is 5.54 Å². The van der Waals surface area contributed by atoms with Crippen molar-refractivity contribution in [2.75, 3.05) is 20.3 Å². The van der Waals surface area contributed by atoms with Gasteiger partial charge in [0.25, 0.3) is 0 Å². The Morgan fingerprint density at radius 1 is 1.22 bits per heavy atom. The van der Waals surface area contributed by atoms with Gasteiger partial charge in [0.15, 0.2) is 11.3 Å². The molecule has 0 amide bonds. The minimum absolute atomic E-state index is 0.305. The molecule has 0 N–H and O–H groups in total. The lowest BCUT2D eigenvalue weighted by molar-refractivity contribution is 0.0914. The highest BCUT2D eigenvalue weighted by Crippen LogP contribution is 2.19. The number of nitroso groups, excluding NO2 is 1. The second-order valence-electron chi connectivity index (χ2n) is 4.35. The van der Waals surface area contributed by atoms with Crippen LogP contribution in [0.3, 0.4) is 0 Å². The highest BCUT2D eigenvalue weighted by molar-refractivity contribution is 6.02. The molecule has 0 aliphatic carbocycles. The fourth-order valence-corrected chi connectivity index (χ4v) is 1.34. The third-order valence-electron chi connectivity index (χ3n) is 2.46. The SMILES string of the molecule is COCCOc1ccc(C(=O)C(C)(C)N=O)cc1. The van der Waals surface area contributed by atoms with Gasteiger partial charge in [-0.1, -0.05) is 5.18 Å². The molecule has 5 heteroatoms. The fraction of sp³-hybridized carbons (Fsp3) is 0.462. The number of carbonyl (C=O) groups excluding carboxylic acids is 1. The van der Waals surface area contributed by atoms with Crippen LogP contribution in [0.2, 0.25) is 0 Å². The average molecular weight is 251 g/mol. The molecular weight excluding hydrogens is 234 g/mol. The van der Waals surface area contributed by atoms with E-state index >= 15 is 0 Å². The number of rotatable bonds is 7. The molecule has 18 heavy (non-hydrogen) atoms. The number of carbonyl (C=O) groups is 1. The smallest absolute Gasteiger partial charge is 0.193 e. The van der Waals surface area contributed by atoms with E-state index in [1.165, 1.54) is 13.8 Å². The van der Waals surface area contributed by atoms with Gasteiger partial charge in [0.05, 0.1) is 6.61 Å². The Balaban J connectivity index is 2.71. The summed E-state index contributed by atoms with van der Waals surface area (Å²) in [6, 6.07) is 6.61. The summed E-state index contributed by atoms with van der Waals surface area (Å²) in [7, 11) is 1.60. The van der Waals surface area contributed by atoms with Crippen LogP contribution in [0.25, 0.3) is 0 Å². The van der Waals surface area contributed by atoms with Crippen molar-refractivity contribution in [3.8, 4) is 5.75 Å². The van der Waals surface area contributed by atoms with Crippen LogP contribution in [-0.2, 0) is 4.74 Å². The first-order valence-corrected chi connectivity index (χ1v) is 5.62. The maximum atomic E-state index is 11.9. The van der Waals surface area contributed by atoms with Crippen LogP contribution in [0.5, 0.6) is 5.75 Å². The molecule has 5 nitrogen and oxygen atoms in total. The van der Waals surface area contributed by atoms with Gasteiger partial charge in [0, 0.05) is 12.7 Å². The monoisotopic (exact) mass is 251 g/mol. The molecule has 0 spiro atoms. The first kappa shape index (κ1) is 14.3. The number of hydrogen-bond donors (Lipinski definition) is 0. The van der Waals surface area contributed by atoms with Crippen molar-refractivity contribution in [1.82, 2.24) is 0 Å². The number of ether oxygens (including phenoxy) is 2. The summed E-state index contributed by atoms with van der Waals surface area (Å²) in [4.78, 5) is 22.5. The van der Waals surface area contributed by atoms with Crippen LogP contribution >= 0.6 is 0 Å². The molecule has 0 fully saturated rings. The van der Waals surface area contributed by atoms with Crippen molar-refractivity contribution in [3.05, 3.63) is 34.7 Å². The van der Waals surface area contributed by atoms with E-state index in [0.717, 1.165) is 0 Å². The first-order valence-electron chi connectivity index (χ1n) is 5.62. The minimum atomic E-state index is -1.24. The van der Waals surface area contributed by atoms with Gasteiger partial charge in [0.2, 0.25) is 0 Å². The molecule has 0 bridgehead atoms. The topological polar surface area (TPSA) is 65.0 Å². The van der Waals surface area contributed by atoms with E-state index in [1.807, 2.05) is 0 Å². The zero-order chi connectivity index (χ0) is 13.6. The summed E-state index contributed by atoms with van der Waals surface area (Å²) in [5.41, 5.74) is -0.794. The molecule has 0 radical (unpaired) electrons. The van der Waals surface area contributed by atoms with Crippen LogP contribution in [0.15, 0.2) is 29.4 Å². The Hall–Kier alpha value is -1.75. The lowest BCUT2D eigenvalue weighted by atomic mass is 9.94. The molecule has 0 heterocycles. The Morgan fingerprint density at radius 2 is 1.83 bits per heavy atom. The van der Waals surface area contributed by atoms with Gasteiger partial charge < -0.3 is 9.47 Å². The molecule has 0 saturated carbocycles. The van der Waals surface area contributed by atoms with Gasteiger partial charge in [0.1, 0.15) is 12.4 Å². The molecule has 0 aliphatic heterocycles. The molecule has 0 unspecified atom stereocenters. The second kappa shape index (κ2) is 6.26. The number of Topliss-reactive ketones (excluding diaryl/α,β-unsaturated/α-hetero) is 1. The number of benzene rings is 1. The Bertz CT molecular complexity index is 412. The van der Waals surface area contributed by atoms with Crippen molar-refractivity contribution in [2.24, 2.45) is 5.18 Å². The molecule has 0 saturated heterocycles. The van der Waals surface area contributed by atoms with E-state index in [4.69, 9.17) is 9.47 Å². The summed E-state index contributed by atoms with van der Waals surface area (Å²) < 4.78 is 10.2. The van der Waals surface area contributed by atoms with E-state index in [1.54, 1.807) is 31.4 Å². The van der Waals surface area contributed by atoms with Gasteiger partial charge in [-0.05, 0) is 38.1 Å². The van der Waals surface area contributed by atoms with Crippen molar-refractivity contribution < 1.29 is 14.3 Å². The summed E-state index contributed by atoms with van der Waals surface area (Å²) >= 11 is 0. The highest BCUT2D eigenvalue weighted by atomic mass is 16.5. The Kier molecular flexibility index (Phi) is 4.97. The van der Waals surface area contributed by atoms with E-state index in [-0.39, 0.29) is 5.78 Å². The number of hydrogen-bond acceptors (Lipinski definition) is 5. The third kappa shape index (κ3) is 3.63. The van der Waals surface area contributed by atoms with Gasteiger partial charge in [-0.2, -0.15) is 0 Å². The van der Waals surface area contributed by atoms with Gasteiger partial charge >= 0.3 is 0 Å². The van der Waals surface area contributed by atoms with Crippen LogP contribution in [0, 0.1) is 4.91 Å². The molecule has 0 aromatic heterocycles. The van der Waals surface area contributed by atoms with Gasteiger partial charge in [-0.15, -0.1) is 4.91 Å². The number of nitrogens with zero attached hydrogens (tertiary/aromatic N) is 1. The van der Waals surface area contributed by atoms with Crippen molar-refractivity contribution in [3.63, 3.8) is 0 Å². The normalized spacial score (nSPS) is 11.1. The molecule has 98 valence electrons. The van der Waals surface area contributed by atoms with Crippen molar-refractivity contribution in [1.29, 1.82) is 0 Å². The molecule has 0 atom stereocenters. The zero-order valence-electron chi connectivity index (χ0n) is 10.8. The van der Waals surface area contributed by atoms with Crippen LogP contribution in [0.1, 0.15) is 24.2 Å². The zero-order valence-corrected chi connectivity index (χ0v) is 10.8. The number of methoxy groups -OCH3 is 1. The predicted octanol–water partition coefficient (Wildman–Crippen LogP) is 2.44. The van der Waals surface area contributed by atoms with Gasteiger partial charge in [-0.25, -0.2) is 0 Å². The largest absolute Gasteiger partial charge is 0.491 e. The summed E-state index contributed by atoms with van der Waals surface area (Å²) in [5, 5.41) is 2.83. The van der Waals surface area contributed by atoms with Crippen molar-refractivity contribution >= 4 is 5.78 Å². The summed E-state index contributed by atoms with van der Waals surface area (Å²) in [6.07, 6.45) is 0. The lowest BCUT2D eigenvalue weighted by Crippen LogP contribution is -2.28. The Labute approximate surface area is 106 Å². The van der Waals surface area contributed by atoms with Crippen LogP contribution < -0.4 is 4.74 Å². The lowest BCUT2D eigenvalue weighted by Gasteiger charge is -2.13. The van der Waals surface area contributed by atoms with Crippen molar-refractivity contribution in [2.45, 2.75) is 19.4 Å². The highest BCUT2D eigenvalue weighted by Gasteiger charge is 2.29. The fourth-order valence-electron chi connectivity index (χ4n) is 1.34. The first-order chi connectivity index (χ1) is 8.51. The molecule has 1 rings (SSSR count). The predicted molar refractivity (Wildman–Crippen MR) is 68.0 cm³/mol. The van der Waals surface area contributed by atoms with Gasteiger partial charge in [-0.3, -0.25) is 4.79 Å². The van der Waals surface area contributed by atoms with E-state index in [0.29, 0.717) is 24.5 Å². The maximum absolute atomic E-state index is 11.9. The van der Waals surface area contributed by atoms with Crippen LogP contribution in [-0.4, -0.2) is 31.6 Å². The molecule has 1 aromatic rings.